The SMILES string of the molecule is CCC1C2=C(CCN1C(=O)C1CCC(CNC(=O)OC(C)(C)C)CC1)c1ccc(Cl)cc1C2. The van der Waals surface area contributed by atoms with Gasteiger partial charge in [0, 0.05) is 24.0 Å². The van der Waals surface area contributed by atoms with Crippen LogP contribution in [-0.2, 0) is 16.0 Å². The number of rotatable bonds is 4. The van der Waals surface area contributed by atoms with Gasteiger partial charge in [-0.1, -0.05) is 24.6 Å². The number of fused-ring (bicyclic) bond motifs is 2. The van der Waals surface area contributed by atoms with E-state index in [4.69, 9.17) is 16.3 Å². The molecule has 1 unspecified atom stereocenters. The molecule has 0 radical (unpaired) electrons. The van der Waals surface area contributed by atoms with E-state index >= 15 is 0 Å². The molecule has 3 aliphatic rings. The Morgan fingerprint density at radius 3 is 2.58 bits per heavy atom. The summed E-state index contributed by atoms with van der Waals surface area (Å²) in [5, 5.41) is 3.68. The standard InChI is InChI=1S/C27H37ClN2O3/c1-5-24-23-15-19-14-20(28)10-11-21(19)22(23)12-13-30(24)25(31)18-8-6-17(7-9-18)16-29-26(32)33-27(2,3)4/h10-11,14,17-18,24H,5-9,12-13,15-16H2,1-4H3,(H,29,32). The fourth-order valence-corrected chi connectivity index (χ4v) is 5.99. The van der Waals surface area contributed by atoms with Crippen molar-refractivity contribution < 1.29 is 14.3 Å². The fraction of sp³-hybridized carbons (Fsp3) is 0.630. The maximum Gasteiger partial charge on any atom is 0.407 e. The lowest BCUT2D eigenvalue weighted by atomic mass is 9.80. The summed E-state index contributed by atoms with van der Waals surface area (Å²) in [6, 6.07) is 6.40. The van der Waals surface area contributed by atoms with Crippen LogP contribution in [-0.4, -0.2) is 41.6 Å². The highest BCUT2D eigenvalue weighted by molar-refractivity contribution is 6.30. The zero-order chi connectivity index (χ0) is 23.8. The Labute approximate surface area is 202 Å². The van der Waals surface area contributed by atoms with E-state index in [1.165, 1.54) is 22.3 Å². The van der Waals surface area contributed by atoms with Crippen molar-refractivity contribution in [1.82, 2.24) is 10.2 Å². The van der Waals surface area contributed by atoms with Crippen molar-refractivity contribution in [3.8, 4) is 0 Å². The van der Waals surface area contributed by atoms with Crippen molar-refractivity contribution in [3.63, 3.8) is 0 Å². The molecule has 0 spiro atoms. The van der Waals surface area contributed by atoms with Crippen LogP contribution in [0, 0.1) is 11.8 Å². The molecule has 180 valence electrons. The lowest BCUT2D eigenvalue weighted by Gasteiger charge is -2.40. The Morgan fingerprint density at radius 2 is 1.91 bits per heavy atom. The van der Waals surface area contributed by atoms with Crippen molar-refractivity contribution in [1.29, 1.82) is 0 Å². The Balaban J connectivity index is 1.33. The highest BCUT2D eigenvalue weighted by atomic mass is 35.5. The molecule has 2 amide bonds. The number of carbonyl (C=O) groups is 2. The van der Waals surface area contributed by atoms with Crippen LogP contribution in [0.15, 0.2) is 23.8 Å². The minimum absolute atomic E-state index is 0.0946. The zero-order valence-corrected chi connectivity index (χ0v) is 21.1. The molecule has 1 aromatic carbocycles. The first-order chi connectivity index (χ1) is 15.7. The van der Waals surface area contributed by atoms with E-state index in [0.29, 0.717) is 18.4 Å². The van der Waals surface area contributed by atoms with E-state index in [-0.39, 0.29) is 18.1 Å². The minimum Gasteiger partial charge on any atom is -0.444 e. The number of ether oxygens (including phenoxy) is 1. The van der Waals surface area contributed by atoms with Gasteiger partial charge < -0.3 is 15.0 Å². The highest BCUT2D eigenvalue weighted by Crippen LogP contribution is 2.43. The Bertz CT molecular complexity index is 941. The van der Waals surface area contributed by atoms with Crippen molar-refractivity contribution >= 4 is 29.2 Å². The third kappa shape index (κ3) is 5.40. The molecule has 1 aliphatic heterocycles. The van der Waals surface area contributed by atoms with Gasteiger partial charge in [-0.15, -0.1) is 0 Å². The summed E-state index contributed by atoms with van der Waals surface area (Å²) in [4.78, 5) is 27.7. The molecule has 6 heteroatoms. The molecular formula is C27H37ClN2O3. The molecule has 1 heterocycles. The average Bonchev–Trinajstić information content (AvgIpc) is 3.13. The van der Waals surface area contributed by atoms with E-state index in [2.05, 4.69) is 29.3 Å². The number of benzene rings is 1. The summed E-state index contributed by atoms with van der Waals surface area (Å²) in [5.74, 6) is 0.825. The largest absolute Gasteiger partial charge is 0.444 e. The molecule has 2 aliphatic carbocycles. The zero-order valence-electron chi connectivity index (χ0n) is 20.4. The third-order valence-electron chi connectivity index (χ3n) is 7.34. The smallest absolute Gasteiger partial charge is 0.407 e. The summed E-state index contributed by atoms with van der Waals surface area (Å²) < 4.78 is 5.33. The van der Waals surface area contributed by atoms with E-state index < -0.39 is 5.60 Å². The number of alkyl carbamates (subject to hydrolysis) is 1. The van der Waals surface area contributed by atoms with E-state index in [1.54, 1.807) is 0 Å². The summed E-state index contributed by atoms with van der Waals surface area (Å²) in [7, 11) is 0. The first-order valence-electron chi connectivity index (χ1n) is 12.4. The van der Waals surface area contributed by atoms with Gasteiger partial charge >= 0.3 is 6.09 Å². The van der Waals surface area contributed by atoms with Crippen LogP contribution in [0.5, 0.6) is 0 Å². The van der Waals surface area contributed by atoms with Gasteiger partial charge in [-0.3, -0.25) is 4.79 Å². The highest BCUT2D eigenvalue weighted by Gasteiger charge is 2.38. The molecular weight excluding hydrogens is 436 g/mol. The number of nitrogens with one attached hydrogen (secondary N) is 1. The maximum atomic E-state index is 13.6. The number of hydrogen-bond acceptors (Lipinski definition) is 3. The van der Waals surface area contributed by atoms with Crippen molar-refractivity contribution in [2.24, 2.45) is 11.8 Å². The minimum atomic E-state index is -0.485. The van der Waals surface area contributed by atoms with Crippen LogP contribution in [0.3, 0.4) is 0 Å². The second-order valence-corrected chi connectivity index (χ2v) is 11.2. The van der Waals surface area contributed by atoms with Crippen molar-refractivity contribution in [2.75, 3.05) is 13.1 Å². The lowest BCUT2D eigenvalue weighted by molar-refractivity contribution is -0.138. The second-order valence-electron chi connectivity index (χ2n) is 10.8. The Kier molecular flexibility index (Phi) is 7.09. The van der Waals surface area contributed by atoms with Crippen LogP contribution in [0.2, 0.25) is 5.02 Å². The molecule has 0 bridgehead atoms. The molecule has 33 heavy (non-hydrogen) atoms. The summed E-state index contributed by atoms with van der Waals surface area (Å²) >= 11 is 6.24. The number of hydrogen-bond donors (Lipinski definition) is 1. The summed E-state index contributed by atoms with van der Waals surface area (Å²) in [6.07, 6.45) is 6.16. The van der Waals surface area contributed by atoms with Crippen LogP contribution < -0.4 is 5.32 Å². The van der Waals surface area contributed by atoms with Gasteiger partial charge in [-0.25, -0.2) is 4.79 Å². The van der Waals surface area contributed by atoms with Gasteiger partial charge in [0.05, 0.1) is 6.04 Å². The molecule has 1 atom stereocenters. The lowest BCUT2D eigenvalue weighted by Crippen LogP contribution is -2.48. The number of halogens is 1. The molecule has 0 saturated heterocycles. The van der Waals surface area contributed by atoms with Gasteiger partial charge in [-0.05, 0) is 106 Å². The van der Waals surface area contributed by atoms with Crippen molar-refractivity contribution in [3.05, 3.63) is 39.9 Å². The monoisotopic (exact) mass is 472 g/mol. The van der Waals surface area contributed by atoms with Gasteiger partial charge in [0.2, 0.25) is 5.91 Å². The van der Waals surface area contributed by atoms with Crippen LogP contribution in [0.4, 0.5) is 4.79 Å². The van der Waals surface area contributed by atoms with Gasteiger partial charge in [0.1, 0.15) is 5.60 Å². The Hall–Kier alpha value is -2.01. The normalized spacial score (nSPS) is 24.9. The predicted molar refractivity (Wildman–Crippen MR) is 132 cm³/mol. The first-order valence-corrected chi connectivity index (χ1v) is 12.8. The summed E-state index contributed by atoms with van der Waals surface area (Å²) in [5.41, 5.74) is 5.01. The molecule has 1 fully saturated rings. The number of carbonyl (C=O) groups excluding carboxylic acids is 2. The first kappa shape index (κ1) is 24.1. The predicted octanol–water partition coefficient (Wildman–Crippen LogP) is 5.99. The van der Waals surface area contributed by atoms with Crippen LogP contribution in [0.25, 0.3) is 5.57 Å². The Morgan fingerprint density at radius 1 is 1.18 bits per heavy atom. The van der Waals surface area contributed by atoms with Crippen LogP contribution in [0.1, 0.15) is 77.3 Å². The van der Waals surface area contributed by atoms with Gasteiger partial charge in [0.25, 0.3) is 0 Å². The van der Waals surface area contributed by atoms with Crippen molar-refractivity contribution in [2.45, 2.75) is 84.3 Å². The molecule has 5 nitrogen and oxygen atoms in total. The number of nitrogens with zero attached hydrogens (tertiary/aromatic N) is 1. The molecule has 4 rings (SSSR count). The maximum absolute atomic E-state index is 13.6. The van der Waals surface area contributed by atoms with E-state index in [9.17, 15) is 9.59 Å². The molecule has 1 N–H and O–H groups in total. The van der Waals surface area contributed by atoms with Gasteiger partial charge in [-0.2, -0.15) is 0 Å². The topological polar surface area (TPSA) is 58.6 Å². The average molecular weight is 473 g/mol. The second kappa shape index (κ2) is 9.69. The molecule has 1 aromatic rings. The van der Waals surface area contributed by atoms with Gasteiger partial charge in [0.15, 0.2) is 0 Å². The van der Waals surface area contributed by atoms with Crippen LogP contribution >= 0.6 is 11.6 Å². The van der Waals surface area contributed by atoms with E-state index in [1.807, 2.05) is 26.8 Å². The third-order valence-corrected chi connectivity index (χ3v) is 7.58. The fourth-order valence-electron chi connectivity index (χ4n) is 5.80. The molecule has 0 aromatic heterocycles. The summed E-state index contributed by atoms with van der Waals surface area (Å²) in [6.45, 7) is 9.21. The quantitative estimate of drug-likeness (QED) is 0.585. The number of amides is 2. The molecule has 1 saturated carbocycles. The van der Waals surface area contributed by atoms with E-state index in [0.717, 1.165) is 56.5 Å².